The van der Waals surface area contributed by atoms with E-state index in [4.69, 9.17) is 0 Å². The standard InChI is InChI=1S/C16H28N2OS2/c1-12(2)6-5-7-13(3)17-16(19)8-9-20-10-15-11-21-14(4)18-15/h11-13H,5-10H2,1-4H3,(H,17,19)/t13-/m0/s1. The fraction of sp³-hybridized carbons (Fsp3) is 0.750. The van der Waals surface area contributed by atoms with Gasteiger partial charge in [0.1, 0.15) is 0 Å². The molecule has 0 aliphatic heterocycles. The molecule has 0 radical (unpaired) electrons. The number of hydrogen-bond donors (Lipinski definition) is 1. The molecule has 5 heteroatoms. The Morgan fingerprint density at radius 3 is 2.76 bits per heavy atom. The maximum Gasteiger partial charge on any atom is 0.221 e. The van der Waals surface area contributed by atoms with Crippen LogP contribution in [0.2, 0.25) is 0 Å². The van der Waals surface area contributed by atoms with Gasteiger partial charge in [-0.25, -0.2) is 4.98 Å². The second kappa shape index (κ2) is 10.2. The van der Waals surface area contributed by atoms with Crippen LogP contribution < -0.4 is 5.32 Å². The summed E-state index contributed by atoms with van der Waals surface area (Å²) in [4.78, 5) is 16.2. The molecule has 1 aromatic heterocycles. The minimum Gasteiger partial charge on any atom is -0.354 e. The Labute approximate surface area is 137 Å². The quantitative estimate of drug-likeness (QED) is 0.647. The van der Waals surface area contributed by atoms with E-state index in [-0.39, 0.29) is 5.91 Å². The summed E-state index contributed by atoms with van der Waals surface area (Å²) in [5, 5.41) is 6.30. The van der Waals surface area contributed by atoms with E-state index in [0.29, 0.717) is 12.5 Å². The van der Waals surface area contributed by atoms with Gasteiger partial charge >= 0.3 is 0 Å². The molecule has 120 valence electrons. The van der Waals surface area contributed by atoms with E-state index in [1.807, 2.05) is 6.92 Å². The Morgan fingerprint density at radius 2 is 2.14 bits per heavy atom. The van der Waals surface area contributed by atoms with Gasteiger partial charge in [-0.15, -0.1) is 11.3 Å². The molecule has 0 bridgehead atoms. The van der Waals surface area contributed by atoms with E-state index in [1.165, 1.54) is 12.8 Å². The van der Waals surface area contributed by atoms with Crippen molar-refractivity contribution in [1.29, 1.82) is 0 Å². The maximum absolute atomic E-state index is 11.8. The lowest BCUT2D eigenvalue weighted by molar-refractivity contribution is -0.121. The molecule has 0 aliphatic rings. The average Bonchev–Trinajstić information content (AvgIpc) is 2.80. The number of carbonyl (C=O) groups excluding carboxylic acids is 1. The zero-order valence-corrected chi connectivity index (χ0v) is 15.3. The van der Waals surface area contributed by atoms with Crippen LogP contribution >= 0.6 is 23.1 Å². The monoisotopic (exact) mass is 328 g/mol. The number of rotatable bonds is 10. The van der Waals surface area contributed by atoms with Crippen LogP contribution in [0.3, 0.4) is 0 Å². The third-order valence-corrected chi connectivity index (χ3v) is 5.03. The summed E-state index contributed by atoms with van der Waals surface area (Å²) in [5.41, 5.74) is 1.13. The van der Waals surface area contributed by atoms with Crippen LogP contribution in [-0.4, -0.2) is 22.7 Å². The molecule has 1 heterocycles. The summed E-state index contributed by atoms with van der Waals surface area (Å²) >= 11 is 3.46. The van der Waals surface area contributed by atoms with Crippen LogP contribution in [0.15, 0.2) is 5.38 Å². The number of carbonyl (C=O) groups is 1. The molecule has 1 rings (SSSR count). The molecule has 0 saturated heterocycles. The zero-order chi connectivity index (χ0) is 15.7. The molecule has 3 nitrogen and oxygen atoms in total. The first kappa shape index (κ1) is 18.5. The molecule has 0 spiro atoms. The van der Waals surface area contributed by atoms with Crippen LogP contribution in [0, 0.1) is 12.8 Å². The van der Waals surface area contributed by atoms with Gasteiger partial charge in [-0.2, -0.15) is 11.8 Å². The predicted molar refractivity (Wildman–Crippen MR) is 93.9 cm³/mol. The van der Waals surface area contributed by atoms with Crippen molar-refractivity contribution in [2.45, 2.75) is 65.2 Å². The van der Waals surface area contributed by atoms with Crippen molar-refractivity contribution in [3.8, 4) is 0 Å². The minimum absolute atomic E-state index is 0.175. The first-order valence-electron chi connectivity index (χ1n) is 7.75. The van der Waals surface area contributed by atoms with Gasteiger partial charge < -0.3 is 5.32 Å². The summed E-state index contributed by atoms with van der Waals surface area (Å²) in [7, 11) is 0. The largest absolute Gasteiger partial charge is 0.354 e. The third-order valence-electron chi connectivity index (χ3n) is 3.22. The van der Waals surface area contributed by atoms with E-state index < -0.39 is 0 Å². The van der Waals surface area contributed by atoms with Gasteiger partial charge in [0.05, 0.1) is 10.7 Å². The number of hydrogen-bond acceptors (Lipinski definition) is 4. The van der Waals surface area contributed by atoms with Crippen molar-refractivity contribution < 1.29 is 4.79 Å². The lowest BCUT2D eigenvalue weighted by Gasteiger charge is -2.14. The van der Waals surface area contributed by atoms with Crippen molar-refractivity contribution in [1.82, 2.24) is 10.3 Å². The highest BCUT2D eigenvalue weighted by Crippen LogP contribution is 2.15. The lowest BCUT2D eigenvalue weighted by atomic mass is 10.0. The molecule has 21 heavy (non-hydrogen) atoms. The SMILES string of the molecule is Cc1nc(CSCCC(=O)N[C@@H](C)CCCC(C)C)cs1. The summed E-state index contributed by atoms with van der Waals surface area (Å²) in [5.74, 6) is 2.69. The third kappa shape index (κ3) is 9.14. The Morgan fingerprint density at radius 1 is 1.38 bits per heavy atom. The van der Waals surface area contributed by atoms with Crippen molar-refractivity contribution in [2.24, 2.45) is 5.92 Å². The molecular weight excluding hydrogens is 300 g/mol. The fourth-order valence-corrected chi connectivity index (χ4v) is 3.62. The van der Waals surface area contributed by atoms with Crippen LogP contribution in [0.1, 0.15) is 57.2 Å². The highest BCUT2D eigenvalue weighted by atomic mass is 32.2. The fourth-order valence-electron chi connectivity index (χ4n) is 2.07. The predicted octanol–water partition coefficient (Wildman–Crippen LogP) is 4.41. The van der Waals surface area contributed by atoms with Gasteiger partial charge in [0.15, 0.2) is 0 Å². The van der Waals surface area contributed by atoms with Gasteiger partial charge in [-0.3, -0.25) is 4.79 Å². The van der Waals surface area contributed by atoms with Gasteiger partial charge in [0.2, 0.25) is 5.91 Å². The number of nitrogens with zero attached hydrogens (tertiary/aromatic N) is 1. The number of aryl methyl sites for hydroxylation is 1. The van der Waals surface area contributed by atoms with Crippen molar-refractivity contribution in [2.75, 3.05) is 5.75 Å². The number of nitrogens with one attached hydrogen (secondary N) is 1. The number of amides is 1. The highest BCUT2D eigenvalue weighted by Gasteiger charge is 2.08. The van der Waals surface area contributed by atoms with Crippen LogP contribution in [0.4, 0.5) is 0 Å². The smallest absolute Gasteiger partial charge is 0.221 e. The van der Waals surface area contributed by atoms with Crippen LogP contribution in [0.5, 0.6) is 0 Å². The first-order valence-corrected chi connectivity index (χ1v) is 9.79. The van der Waals surface area contributed by atoms with E-state index in [2.05, 4.69) is 36.5 Å². The summed E-state index contributed by atoms with van der Waals surface area (Å²) in [6, 6.07) is 0.294. The molecular formula is C16H28N2OS2. The molecule has 0 fully saturated rings. The average molecular weight is 329 g/mol. The second-order valence-corrected chi connectivity index (χ2v) is 8.12. The number of thiazole rings is 1. The summed E-state index contributed by atoms with van der Waals surface area (Å²) in [6.45, 7) is 8.60. The topological polar surface area (TPSA) is 42.0 Å². The number of thioether (sulfide) groups is 1. The second-order valence-electron chi connectivity index (χ2n) is 5.95. The van der Waals surface area contributed by atoms with Gasteiger partial charge in [0, 0.05) is 29.3 Å². The Kier molecular flexibility index (Phi) is 9.00. The molecule has 1 atom stereocenters. The molecule has 1 amide bonds. The lowest BCUT2D eigenvalue weighted by Crippen LogP contribution is -2.32. The Balaban J connectivity index is 2.05. The van der Waals surface area contributed by atoms with E-state index >= 15 is 0 Å². The van der Waals surface area contributed by atoms with Gasteiger partial charge in [-0.1, -0.05) is 26.7 Å². The van der Waals surface area contributed by atoms with Crippen LogP contribution in [-0.2, 0) is 10.5 Å². The van der Waals surface area contributed by atoms with Gasteiger partial charge in [0.25, 0.3) is 0 Å². The number of aromatic nitrogens is 1. The summed E-state index contributed by atoms with van der Waals surface area (Å²) < 4.78 is 0. The van der Waals surface area contributed by atoms with Crippen molar-refractivity contribution in [3.63, 3.8) is 0 Å². The molecule has 1 aromatic rings. The van der Waals surface area contributed by atoms with Crippen molar-refractivity contribution >= 4 is 29.0 Å². The first-order chi connectivity index (χ1) is 9.97. The van der Waals surface area contributed by atoms with Crippen LogP contribution in [0.25, 0.3) is 0 Å². The Bertz CT molecular complexity index is 418. The van der Waals surface area contributed by atoms with E-state index in [1.54, 1.807) is 23.1 Å². The molecule has 0 aromatic carbocycles. The minimum atomic E-state index is 0.175. The Hall–Kier alpha value is -0.550. The molecule has 1 N–H and O–H groups in total. The van der Waals surface area contributed by atoms with E-state index in [0.717, 1.165) is 34.5 Å². The van der Waals surface area contributed by atoms with Gasteiger partial charge in [-0.05, 0) is 26.2 Å². The normalized spacial score (nSPS) is 12.6. The van der Waals surface area contributed by atoms with Crippen molar-refractivity contribution in [3.05, 3.63) is 16.1 Å². The molecule has 0 saturated carbocycles. The molecule has 0 unspecified atom stereocenters. The maximum atomic E-state index is 11.8. The van der Waals surface area contributed by atoms with E-state index in [9.17, 15) is 4.79 Å². The molecule has 0 aliphatic carbocycles. The zero-order valence-electron chi connectivity index (χ0n) is 13.6. The summed E-state index contributed by atoms with van der Waals surface area (Å²) in [6.07, 6.45) is 4.11. The highest BCUT2D eigenvalue weighted by molar-refractivity contribution is 7.98.